The van der Waals surface area contributed by atoms with Crippen molar-refractivity contribution in [3.63, 3.8) is 0 Å². The van der Waals surface area contributed by atoms with Crippen LogP contribution in [0.3, 0.4) is 0 Å². The van der Waals surface area contributed by atoms with Crippen molar-refractivity contribution in [2.75, 3.05) is 27.8 Å². The number of ketones is 1. The van der Waals surface area contributed by atoms with Gasteiger partial charge in [0, 0.05) is 5.56 Å². The van der Waals surface area contributed by atoms with Crippen LogP contribution in [0.2, 0.25) is 0 Å². The van der Waals surface area contributed by atoms with Gasteiger partial charge in [0.15, 0.2) is 17.3 Å². The first-order valence-corrected chi connectivity index (χ1v) is 5.60. The Hall–Kier alpha value is -1.55. The fourth-order valence-corrected chi connectivity index (χ4v) is 1.73. The molecule has 0 radical (unpaired) electrons. The van der Waals surface area contributed by atoms with Crippen molar-refractivity contribution < 1.29 is 14.3 Å². The number of likely N-dealkylation sites (N-methyl/N-ethyl adjacent to an activating group) is 1. The predicted octanol–water partition coefficient (Wildman–Crippen LogP) is 1.67. The van der Waals surface area contributed by atoms with Crippen LogP contribution in [0.5, 0.6) is 11.5 Å². The van der Waals surface area contributed by atoms with E-state index in [0.29, 0.717) is 23.6 Å². The summed E-state index contributed by atoms with van der Waals surface area (Å²) in [5, 5.41) is 2.86. The van der Waals surface area contributed by atoms with Gasteiger partial charge < -0.3 is 14.8 Å². The summed E-state index contributed by atoms with van der Waals surface area (Å²) in [6.07, 6.45) is 0.783. The van der Waals surface area contributed by atoms with E-state index in [2.05, 4.69) is 5.32 Å². The number of Topliss-reactive ketones (excluding diaryl/α,β-unsaturated/α-hetero) is 1. The van der Waals surface area contributed by atoms with E-state index in [9.17, 15) is 4.79 Å². The summed E-state index contributed by atoms with van der Waals surface area (Å²) in [4.78, 5) is 11.9. The van der Waals surface area contributed by atoms with Gasteiger partial charge in [0.1, 0.15) is 0 Å². The molecular formula is C13H19NO3. The van der Waals surface area contributed by atoms with Gasteiger partial charge >= 0.3 is 0 Å². The molecule has 0 aliphatic heterocycles. The highest BCUT2D eigenvalue weighted by Crippen LogP contribution is 2.31. The Kier molecular flexibility index (Phi) is 4.97. The van der Waals surface area contributed by atoms with E-state index in [1.807, 2.05) is 13.0 Å². The van der Waals surface area contributed by atoms with E-state index in [-0.39, 0.29) is 5.78 Å². The first kappa shape index (κ1) is 13.5. The fourth-order valence-electron chi connectivity index (χ4n) is 1.73. The van der Waals surface area contributed by atoms with Crippen molar-refractivity contribution in [2.45, 2.75) is 13.3 Å². The van der Waals surface area contributed by atoms with E-state index in [1.54, 1.807) is 27.3 Å². The molecule has 17 heavy (non-hydrogen) atoms. The fraction of sp³-hybridized carbons (Fsp3) is 0.462. The Labute approximate surface area is 102 Å². The summed E-state index contributed by atoms with van der Waals surface area (Å²) in [5.74, 6) is 1.31. The molecule has 4 nitrogen and oxygen atoms in total. The number of ether oxygens (including phenoxy) is 2. The molecule has 0 fully saturated rings. The molecule has 0 bridgehead atoms. The van der Waals surface area contributed by atoms with Gasteiger partial charge in [-0.25, -0.2) is 0 Å². The quantitative estimate of drug-likeness (QED) is 0.764. The maximum Gasteiger partial charge on any atom is 0.177 e. The number of aryl methyl sites for hydroxylation is 1. The standard InChI is InChI=1S/C13H19NO3/c1-5-9-6-12(16-3)13(17-4)7-10(9)11(15)8-14-2/h6-7,14H,5,8H2,1-4H3. The van der Waals surface area contributed by atoms with Crippen LogP contribution in [-0.2, 0) is 6.42 Å². The van der Waals surface area contributed by atoms with Gasteiger partial charge in [0.25, 0.3) is 0 Å². The van der Waals surface area contributed by atoms with Crippen LogP contribution in [0, 0.1) is 0 Å². The molecule has 0 aromatic heterocycles. The number of nitrogens with one attached hydrogen (secondary N) is 1. The molecule has 1 aromatic rings. The second-order valence-corrected chi connectivity index (χ2v) is 3.67. The molecule has 0 atom stereocenters. The van der Waals surface area contributed by atoms with Gasteiger partial charge in [-0.3, -0.25) is 4.79 Å². The highest BCUT2D eigenvalue weighted by molar-refractivity contribution is 5.99. The predicted molar refractivity (Wildman–Crippen MR) is 67.2 cm³/mol. The molecule has 0 spiro atoms. The molecule has 0 amide bonds. The summed E-state index contributed by atoms with van der Waals surface area (Å²) in [7, 11) is 4.91. The second-order valence-electron chi connectivity index (χ2n) is 3.67. The van der Waals surface area contributed by atoms with Gasteiger partial charge in [-0.05, 0) is 31.2 Å². The average Bonchev–Trinajstić information content (AvgIpc) is 2.37. The highest BCUT2D eigenvalue weighted by Gasteiger charge is 2.15. The average molecular weight is 237 g/mol. The lowest BCUT2D eigenvalue weighted by Gasteiger charge is -2.13. The van der Waals surface area contributed by atoms with E-state index in [1.165, 1.54) is 0 Å². The van der Waals surface area contributed by atoms with Crippen LogP contribution in [-0.4, -0.2) is 33.6 Å². The molecule has 1 N–H and O–H groups in total. The summed E-state index contributed by atoms with van der Waals surface area (Å²) in [5.41, 5.74) is 1.67. The smallest absolute Gasteiger partial charge is 0.177 e. The normalized spacial score (nSPS) is 10.1. The third kappa shape index (κ3) is 2.97. The Balaban J connectivity index is 3.23. The molecule has 0 aliphatic rings. The number of carbonyl (C=O) groups excluding carboxylic acids is 1. The lowest BCUT2D eigenvalue weighted by Crippen LogP contribution is -2.20. The molecule has 94 valence electrons. The minimum Gasteiger partial charge on any atom is -0.493 e. The van der Waals surface area contributed by atoms with Crippen molar-refractivity contribution in [3.8, 4) is 11.5 Å². The third-order valence-electron chi connectivity index (χ3n) is 2.63. The van der Waals surface area contributed by atoms with E-state index >= 15 is 0 Å². The lowest BCUT2D eigenvalue weighted by atomic mass is 10.0. The highest BCUT2D eigenvalue weighted by atomic mass is 16.5. The van der Waals surface area contributed by atoms with Gasteiger partial charge in [-0.1, -0.05) is 6.92 Å². The van der Waals surface area contributed by atoms with Gasteiger partial charge in [-0.2, -0.15) is 0 Å². The molecule has 1 rings (SSSR count). The zero-order valence-electron chi connectivity index (χ0n) is 10.8. The zero-order valence-corrected chi connectivity index (χ0v) is 10.8. The molecule has 0 heterocycles. The zero-order chi connectivity index (χ0) is 12.8. The Morgan fingerprint density at radius 1 is 1.24 bits per heavy atom. The first-order valence-electron chi connectivity index (χ1n) is 5.60. The van der Waals surface area contributed by atoms with E-state index < -0.39 is 0 Å². The van der Waals surface area contributed by atoms with Crippen molar-refractivity contribution in [1.82, 2.24) is 5.32 Å². The largest absolute Gasteiger partial charge is 0.493 e. The topological polar surface area (TPSA) is 47.6 Å². The number of carbonyl (C=O) groups is 1. The van der Waals surface area contributed by atoms with Crippen LogP contribution in [0.4, 0.5) is 0 Å². The van der Waals surface area contributed by atoms with Gasteiger partial charge in [0.05, 0.1) is 20.8 Å². The monoisotopic (exact) mass is 237 g/mol. The van der Waals surface area contributed by atoms with Crippen LogP contribution in [0.15, 0.2) is 12.1 Å². The number of hydrogen-bond donors (Lipinski definition) is 1. The van der Waals surface area contributed by atoms with E-state index in [0.717, 1.165) is 12.0 Å². The minimum absolute atomic E-state index is 0.0605. The van der Waals surface area contributed by atoms with Crippen LogP contribution in [0.1, 0.15) is 22.8 Å². The van der Waals surface area contributed by atoms with Crippen molar-refractivity contribution >= 4 is 5.78 Å². The third-order valence-corrected chi connectivity index (χ3v) is 2.63. The number of rotatable bonds is 6. The Morgan fingerprint density at radius 2 is 1.82 bits per heavy atom. The van der Waals surface area contributed by atoms with Crippen molar-refractivity contribution in [3.05, 3.63) is 23.3 Å². The Bertz CT molecular complexity index is 402. The summed E-state index contributed by atoms with van der Waals surface area (Å²) >= 11 is 0. The molecule has 0 saturated heterocycles. The van der Waals surface area contributed by atoms with Crippen molar-refractivity contribution in [1.29, 1.82) is 0 Å². The van der Waals surface area contributed by atoms with Gasteiger partial charge in [0.2, 0.25) is 0 Å². The Morgan fingerprint density at radius 3 is 2.29 bits per heavy atom. The van der Waals surface area contributed by atoms with Gasteiger partial charge in [-0.15, -0.1) is 0 Å². The summed E-state index contributed by atoms with van der Waals surface area (Å²) < 4.78 is 10.4. The molecular weight excluding hydrogens is 218 g/mol. The molecule has 1 aromatic carbocycles. The first-order chi connectivity index (χ1) is 8.17. The molecule has 0 unspecified atom stereocenters. The lowest BCUT2D eigenvalue weighted by molar-refractivity contribution is 0.0992. The minimum atomic E-state index is 0.0605. The number of methoxy groups -OCH3 is 2. The molecule has 0 aliphatic carbocycles. The van der Waals surface area contributed by atoms with Crippen LogP contribution >= 0.6 is 0 Å². The SMILES string of the molecule is CCc1cc(OC)c(OC)cc1C(=O)CNC. The van der Waals surface area contributed by atoms with E-state index in [4.69, 9.17) is 9.47 Å². The number of benzene rings is 1. The summed E-state index contributed by atoms with van der Waals surface area (Å²) in [6.45, 7) is 2.33. The maximum absolute atomic E-state index is 11.9. The maximum atomic E-state index is 11.9. The van der Waals surface area contributed by atoms with Crippen LogP contribution < -0.4 is 14.8 Å². The molecule has 0 saturated carbocycles. The number of hydrogen-bond acceptors (Lipinski definition) is 4. The van der Waals surface area contributed by atoms with Crippen molar-refractivity contribution in [2.24, 2.45) is 0 Å². The van der Waals surface area contributed by atoms with Crippen LogP contribution in [0.25, 0.3) is 0 Å². The molecule has 4 heteroatoms. The second kappa shape index (κ2) is 6.25. The summed E-state index contributed by atoms with van der Waals surface area (Å²) in [6, 6.07) is 3.61.